The Bertz CT molecular complexity index is 734. The molecule has 0 saturated heterocycles. The van der Waals surface area contributed by atoms with Crippen LogP contribution in [-0.2, 0) is 0 Å². The van der Waals surface area contributed by atoms with Crippen molar-refractivity contribution in [1.29, 1.82) is 0 Å². The number of aromatic nitrogens is 2. The molecule has 0 spiro atoms. The first-order valence-electron chi connectivity index (χ1n) is 6.17. The third-order valence-corrected chi connectivity index (χ3v) is 3.08. The van der Waals surface area contributed by atoms with Crippen LogP contribution >= 0.6 is 0 Å². The summed E-state index contributed by atoms with van der Waals surface area (Å²) >= 11 is 0. The third-order valence-electron chi connectivity index (χ3n) is 3.08. The SMILES string of the molecule is CC(Oc1ccc2[nH]ncc2c1)c1cc(F)cc(F)c1. The lowest BCUT2D eigenvalue weighted by atomic mass is 10.1. The zero-order chi connectivity index (χ0) is 14.1. The molecule has 3 rings (SSSR count). The summed E-state index contributed by atoms with van der Waals surface area (Å²) in [6.07, 6.45) is 1.24. The predicted molar refractivity (Wildman–Crippen MR) is 71.5 cm³/mol. The number of nitrogens with zero attached hydrogens (tertiary/aromatic N) is 1. The zero-order valence-corrected chi connectivity index (χ0v) is 10.7. The largest absolute Gasteiger partial charge is 0.486 e. The zero-order valence-electron chi connectivity index (χ0n) is 10.7. The average molecular weight is 274 g/mol. The second-order valence-electron chi connectivity index (χ2n) is 4.58. The summed E-state index contributed by atoms with van der Waals surface area (Å²) < 4.78 is 32.1. The van der Waals surface area contributed by atoms with E-state index in [1.54, 1.807) is 19.2 Å². The number of fused-ring (bicyclic) bond motifs is 1. The van der Waals surface area contributed by atoms with Crippen LogP contribution in [0.25, 0.3) is 10.9 Å². The van der Waals surface area contributed by atoms with Gasteiger partial charge in [0, 0.05) is 11.5 Å². The molecule has 0 aliphatic heterocycles. The quantitative estimate of drug-likeness (QED) is 0.784. The maximum atomic E-state index is 13.2. The molecule has 1 heterocycles. The first-order valence-corrected chi connectivity index (χ1v) is 6.17. The number of hydrogen-bond donors (Lipinski definition) is 1. The van der Waals surface area contributed by atoms with Crippen molar-refractivity contribution in [2.75, 3.05) is 0 Å². The molecule has 1 atom stereocenters. The van der Waals surface area contributed by atoms with Crippen molar-refractivity contribution < 1.29 is 13.5 Å². The Kier molecular flexibility index (Phi) is 3.10. The molecule has 0 aliphatic carbocycles. The van der Waals surface area contributed by atoms with Gasteiger partial charge in [-0.25, -0.2) is 8.78 Å². The number of nitrogens with one attached hydrogen (secondary N) is 1. The monoisotopic (exact) mass is 274 g/mol. The summed E-state index contributed by atoms with van der Waals surface area (Å²) in [5, 5.41) is 7.68. The molecule has 0 saturated carbocycles. The molecule has 1 N–H and O–H groups in total. The van der Waals surface area contributed by atoms with Crippen molar-refractivity contribution in [3.05, 3.63) is 59.8 Å². The van der Waals surface area contributed by atoms with Gasteiger partial charge in [0.15, 0.2) is 0 Å². The minimum absolute atomic E-state index is 0.454. The normalized spacial score (nSPS) is 12.6. The smallest absolute Gasteiger partial charge is 0.126 e. The lowest BCUT2D eigenvalue weighted by molar-refractivity contribution is 0.226. The maximum absolute atomic E-state index is 13.2. The van der Waals surface area contributed by atoms with Gasteiger partial charge in [0.05, 0.1) is 11.7 Å². The Morgan fingerprint density at radius 1 is 1.10 bits per heavy atom. The van der Waals surface area contributed by atoms with E-state index in [0.717, 1.165) is 17.0 Å². The van der Waals surface area contributed by atoms with Gasteiger partial charge >= 0.3 is 0 Å². The van der Waals surface area contributed by atoms with Gasteiger partial charge in [0.2, 0.25) is 0 Å². The number of rotatable bonds is 3. The molecule has 0 amide bonds. The lowest BCUT2D eigenvalue weighted by Gasteiger charge is -2.15. The van der Waals surface area contributed by atoms with Crippen LogP contribution < -0.4 is 4.74 Å². The van der Waals surface area contributed by atoms with Crippen molar-refractivity contribution in [2.45, 2.75) is 13.0 Å². The van der Waals surface area contributed by atoms with Crippen LogP contribution in [0, 0.1) is 11.6 Å². The highest BCUT2D eigenvalue weighted by Crippen LogP contribution is 2.25. The van der Waals surface area contributed by atoms with Gasteiger partial charge < -0.3 is 4.74 Å². The van der Waals surface area contributed by atoms with Gasteiger partial charge in [-0.05, 0) is 42.8 Å². The summed E-state index contributed by atoms with van der Waals surface area (Å²) in [6.45, 7) is 1.74. The van der Waals surface area contributed by atoms with Gasteiger partial charge in [-0.2, -0.15) is 5.10 Å². The van der Waals surface area contributed by atoms with Crippen LogP contribution in [-0.4, -0.2) is 10.2 Å². The molecule has 0 radical (unpaired) electrons. The van der Waals surface area contributed by atoms with Crippen molar-refractivity contribution in [3.8, 4) is 5.75 Å². The van der Waals surface area contributed by atoms with Crippen molar-refractivity contribution in [3.63, 3.8) is 0 Å². The fourth-order valence-corrected chi connectivity index (χ4v) is 2.08. The van der Waals surface area contributed by atoms with E-state index in [1.165, 1.54) is 12.1 Å². The summed E-state index contributed by atoms with van der Waals surface area (Å²) in [7, 11) is 0. The number of aromatic amines is 1. The van der Waals surface area contributed by atoms with E-state index in [1.807, 2.05) is 12.1 Å². The highest BCUT2D eigenvalue weighted by atomic mass is 19.1. The second kappa shape index (κ2) is 4.92. The van der Waals surface area contributed by atoms with Crippen molar-refractivity contribution in [1.82, 2.24) is 10.2 Å². The Morgan fingerprint density at radius 3 is 2.60 bits per heavy atom. The van der Waals surface area contributed by atoms with E-state index in [2.05, 4.69) is 10.2 Å². The average Bonchev–Trinajstić information content (AvgIpc) is 2.85. The number of ether oxygens (including phenoxy) is 1. The molecule has 20 heavy (non-hydrogen) atoms. The van der Waals surface area contributed by atoms with Gasteiger partial charge in [-0.3, -0.25) is 5.10 Å². The van der Waals surface area contributed by atoms with Crippen LogP contribution in [0.5, 0.6) is 5.75 Å². The number of halogens is 2. The van der Waals surface area contributed by atoms with E-state index in [4.69, 9.17) is 4.74 Å². The van der Waals surface area contributed by atoms with Crippen molar-refractivity contribution >= 4 is 10.9 Å². The fourth-order valence-electron chi connectivity index (χ4n) is 2.08. The topological polar surface area (TPSA) is 37.9 Å². The van der Waals surface area contributed by atoms with Crippen LogP contribution in [0.4, 0.5) is 8.78 Å². The summed E-state index contributed by atoms with van der Waals surface area (Å²) in [5.74, 6) is -0.599. The molecule has 102 valence electrons. The molecule has 0 fully saturated rings. The predicted octanol–water partition coefficient (Wildman–Crippen LogP) is 3.98. The first kappa shape index (κ1) is 12.6. The highest BCUT2D eigenvalue weighted by molar-refractivity contribution is 5.79. The van der Waals surface area contributed by atoms with Gasteiger partial charge in [-0.1, -0.05) is 0 Å². The minimum Gasteiger partial charge on any atom is -0.486 e. The summed E-state index contributed by atoms with van der Waals surface area (Å²) in [5.41, 5.74) is 1.36. The van der Waals surface area contributed by atoms with E-state index in [-0.39, 0.29) is 0 Å². The van der Waals surface area contributed by atoms with Gasteiger partial charge in [0.1, 0.15) is 23.5 Å². The molecule has 5 heteroatoms. The number of hydrogen-bond acceptors (Lipinski definition) is 2. The standard InChI is InChI=1S/C15H12F2N2O/c1-9(10-4-12(16)7-13(17)5-10)20-14-2-3-15-11(6-14)8-18-19-15/h2-9H,1H3,(H,18,19). The van der Waals surface area contributed by atoms with Crippen LogP contribution in [0.2, 0.25) is 0 Å². The van der Waals surface area contributed by atoms with Crippen LogP contribution in [0.3, 0.4) is 0 Å². The Labute approximate surface area is 114 Å². The molecule has 3 aromatic rings. The Hall–Kier alpha value is -2.43. The van der Waals surface area contributed by atoms with Crippen molar-refractivity contribution in [2.24, 2.45) is 0 Å². The van der Waals surface area contributed by atoms with Gasteiger partial charge in [-0.15, -0.1) is 0 Å². The number of benzene rings is 2. The number of H-pyrrole nitrogens is 1. The summed E-state index contributed by atoms with van der Waals surface area (Å²) in [6, 6.07) is 8.83. The molecule has 1 unspecified atom stereocenters. The molecule has 1 aromatic heterocycles. The molecule has 3 nitrogen and oxygen atoms in total. The maximum Gasteiger partial charge on any atom is 0.126 e. The molecular formula is C15H12F2N2O. The van der Waals surface area contributed by atoms with E-state index < -0.39 is 17.7 Å². The first-order chi connectivity index (χ1) is 9.61. The lowest BCUT2D eigenvalue weighted by Crippen LogP contribution is -2.04. The van der Waals surface area contributed by atoms with E-state index in [0.29, 0.717) is 11.3 Å². The molecule has 2 aromatic carbocycles. The summed E-state index contributed by atoms with van der Waals surface area (Å²) in [4.78, 5) is 0. The minimum atomic E-state index is -0.610. The Balaban J connectivity index is 1.85. The van der Waals surface area contributed by atoms with Crippen LogP contribution in [0.15, 0.2) is 42.6 Å². The van der Waals surface area contributed by atoms with E-state index >= 15 is 0 Å². The second-order valence-corrected chi connectivity index (χ2v) is 4.58. The molecule has 0 aliphatic rings. The molecular weight excluding hydrogens is 262 g/mol. The Morgan fingerprint density at radius 2 is 1.85 bits per heavy atom. The van der Waals surface area contributed by atoms with E-state index in [9.17, 15) is 8.78 Å². The molecule has 0 bridgehead atoms. The van der Waals surface area contributed by atoms with Gasteiger partial charge in [0.25, 0.3) is 0 Å². The fraction of sp³-hybridized carbons (Fsp3) is 0.133. The highest BCUT2D eigenvalue weighted by Gasteiger charge is 2.11. The third kappa shape index (κ3) is 2.47. The van der Waals surface area contributed by atoms with Crippen LogP contribution in [0.1, 0.15) is 18.6 Å².